The van der Waals surface area contributed by atoms with Gasteiger partial charge in [-0.25, -0.2) is 32.3 Å². The number of hydrogen-bond acceptors (Lipinski definition) is 12. The van der Waals surface area contributed by atoms with Gasteiger partial charge in [0, 0.05) is 106 Å². The molecule has 4 aromatic heterocycles. The Bertz CT molecular complexity index is 2210. The first-order valence-electron chi connectivity index (χ1n) is 22.4. The third-order valence-corrected chi connectivity index (χ3v) is 11.8. The van der Waals surface area contributed by atoms with Gasteiger partial charge in [-0.3, -0.25) is 14.2 Å². The number of amides is 2. The van der Waals surface area contributed by atoms with Crippen molar-refractivity contribution in [2.24, 2.45) is 0 Å². The van der Waals surface area contributed by atoms with Crippen LogP contribution < -0.4 is 9.80 Å². The molecule has 20 heteroatoms. The van der Waals surface area contributed by atoms with E-state index in [1.807, 2.05) is 32.6 Å². The summed E-state index contributed by atoms with van der Waals surface area (Å²) in [6.07, 6.45) is 0.625. The fraction of sp³-hybridized carbons (Fsp3) is 0.600. The van der Waals surface area contributed by atoms with Gasteiger partial charge in [-0.05, 0) is 49.9 Å². The summed E-state index contributed by atoms with van der Waals surface area (Å²) in [5.41, 5.74) is 4.48. The molecule has 0 saturated carbocycles. The van der Waals surface area contributed by atoms with Crippen LogP contribution in [0.15, 0.2) is 24.5 Å². The number of aliphatic hydroxyl groups excluding tert-OH is 1. The van der Waals surface area contributed by atoms with Gasteiger partial charge >= 0.3 is 6.09 Å². The van der Waals surface area contributed by atoms with Crippen molar-refractivity contribution in [3.8, 4) is 0 Å². The van der Waals surface area contributed by atoms with Crippen LogP contribution >= 0.6 is 0 Å². The van der Waals surface area contributed by atoms with Crippen LogP contribution in [-0.2, 0) is 51.5 Å². The van der Waals surface area contributed by atoms with Crippen LogP contribution in [0.3, 0.4) is 0 Å². The molecule has 0 spiro atoms. The molecule has 358 valence electrons. The van der Waals surface area contributed by atoms with Crippen molar-refractivity contribution >= 4 is 35.3 Å². The number of fused-ring (bicyclic) bond motifs is 2. The molecule has 16 nitrogen and oxygen atoms in total. The number of halogens is 4. The molecule has 1 N–H and O–H groups in total. The first-order chi connectivity index (χ1) is 31.3. The average Bonchev–Trinajstić information content (AvgIpc) is 3.88. The summed E-state index contributed by atoms with van der Waals surface area (Å²) < 4.78 is 73.1. The number of methoxy groups -OCH3 is 1. The maximum absolute atomic E-state index is 13.5. The molecule has 0 radical (unpaired) electrons. The molecule has 4 aromatic rings. The van der Waals surface area contributed by atoms with E-state index in [0.717, 1.165) is 41.8 Å². The molecule has 65 heavy (non-hydrogen) atoms. The highest BCUT2D eigenvalue weighted by atomic mass is 19.3. The van der Waals surface area contributed by atoms with Crippen molar-refractivity contribution in [1.29, 1.82) is 0 Å². The highest BCUT2D eigenvalue weighted by molar-refractivity contribution is 5.82. The van der Waals surface area contributed by atoms with E-state index in [0.29, 0.717) is 93.2 Å². The van der Waals surface area contributed by atoms with E-state index < -0.39 is 18.9 Å². The van der Waals surface area contributed by atoms with Gasteiger partial charge in [0.2, 0.25) is 0 Å². The smallest absolute Gasteiger partial charge is 0.409 e. The molecule has 0 bridgehead atoms. The fourth-order valence-corrected chi connectivity index (χ4v) is 8.17. The second kappa shape index (κ2) is 23.2. The highest BCUT2D eigenvalue weighted by Crippen LogP contribution is 2.38. The molecule has 2 fully saturated rings. The number of carbonyl (C=O) groups excluding carboxylic acids is 2. The van der Waals surface area contributed by atoms with Crippen LogP contribution in [0.2, 0.25) is 0 Å². The Morgan fingerprint density at radius 1 is 0.800 bits per heavy atom. The van der Waals surface area contributed by atoms with Gasteiger partial charge in [-0.1, -0.05) is 27.7 Å². The Morgan fingerprint density at radius 3 is 1.82 bits per heavy atom. The van der Waals surface area contributed by atoms with E-state index in [1.54, 1.807) is 47.3 Å². The first kappa shape index (κ1) is 50.7. The van der Waals surface area contributed by atoms with Crippen LogP contribution in [0.5, 0.6) is 0 Å². The van der Waals surface area contributed by atoms with Gasteiger partial charge in [0.25, 0.3) is 18.8 Å². The minimum atomic E-state index is -2.61. The largest absolute Gasteiger partial charge is 0.453 e. The summed E-state index contributed by atoms with van der Waals surface area (Å²) >= 11 is 0. The Morgan fingerprint density at radius 2 is 1.31 bits per heavy atom. The fourth-order valence-electron chi connectivity index (χ4n) is 8.17. The van der Waals surface area contributed by atoms with E-state index >= 15 is 0 Å². The Hall–Kier alpha value is -5.34. The number of alkyl halides is 4. The van der Waals surface area contributed by atoms with Crippen LogP contribution in [0.25, 0.3) is 0 Å². The zero-order valence-electron chi connectivity index (χ0n) is 39.0. The number of aryl methyl sites for hydroxylation is 2. The number of hydrogen-bond donors (Lipinski definition) is 1. The van der Waals surface area contributed by atoms with Crippen molar-refractivity contribution in [3.05, 3.63) is 69.3 Å². The van der Waals surface area contributed by atoms with Gasteiger partial charge in [0.05, 0.1) is 46.0 Å². The lowest BCUT2D eigenvalue weighted by atomic mass is 10.0. The molecule has 8 heterocycles. The lowest BCUT2D eigenvalue weighted by molar-refractivity contribution is -0.157. The Kier molecular flexibility index (Phi) is 18.1. The number of aromatic nitrogens is 6. The summed E-state index contributed by atoms with van der Waals surface area (Å²) in [5, 5.41) is 18.8. The standard InChI is InChI=1S/C23H29F2N5O3.C18H23F2N5O3.2C2H6/c1-14-12-26-20(11-16(14)21(24)25)28(2)22-17-13-29(23(31)19-6-10-33-19)7-3-18(17)30(27-22)15-4-8-32-9-5-15;1-11-9-21-15(8-12(11)16(19)20)23(2)17-13-10-24(18(27)28-3)5-4-14(13)25(22-17)6-7-26;2*1-2/h11-12,15,19,21H,3-10,13H2,1-2H3;8-9,16,26H,4-7,10H2,1-3H3;2*1-2H3. The van der Waals surface area contributed by atoms with E-state index in [2.05, 4.69) is 19.7 Å². The van der Waals surface area contributed by atoms with E-state index in [1.165, 1.54) is 31.6 Å². The third kappa shape index (κ3) is 11.2. The summed E-state index contributed by atoms with van der Waals surface area (Å²) in [6, 6.07) is 2.99. The normalized spacial score (nSPS) is 16.8. The minimum Gasteiger partial charge on any atom is -0.453 e. The van der Waals surface area contributed by atoms with E-state index in [-0.39, 0.29) is 42.3 Å². The maximum Gasteiger partial charge on any atom is 0.409 e. The lowest BCUT2D eigenvalue weighted by Gasteiger charge is -2.35. The Labute approximate surface area is 378 Å². The van der Waals surface area contributed by atoms with E-state index in [9.17, 15) is 32.3 Å². The number of anilines is 4. The molecule has 0 aliphatic carbocycles. The SMILES string of the molecule is CC.CC.COC(=O)N1CCc2c(c(N(C)c3cc(C(F)F)c(C)cn3)nn2CCO)C1.Cc1cnc(N(C)c2nn(C3CCOCC3)c3c2CN(C(=O)C2CCO2)CC3)cc1C(F)F. The van der Waals surface area contributed by atoms with Gasteiger partial charge in [0.15, 0.2) is 11.6 Å². The molecule has 0 aromatic carbocycles. The summed E-state index contributed by atoms with van der Waals surface area (Å²) in [5.74, 6) is 1.90. The topological polar surface area (TPSA) is 156 Å². The minimum absolute atomic E-state index is 0.00719. The quantitative estimate of drug-likeness (QED) is 0.155. The molecule has 4 aliphatic rings. The van der Waals surface area contributed by atoms with Crippen LogP contribution in [0, 0.1) is 13.8 Å². The molecule has 4 aliphatic heterocycles. The number of aliphatic hydroxyl groups is 1. The number of pyridine rings is 2. The van der Waals surface area contributed by atoms with Crippen LogP contribution in [0.4, 0.5) is 45.6 Å². The van der Waals surface area contributed by atoms with Crippen molar-refractivity contribution < 1.29 is 46.5 Å². The maximum atomic E-state index is 13.5. The summed E-state index contributed by atoms with van der Waals surface area (Å²) in [4.78, 5) is 40.2. The van der Waals surface area contributed by atoms with Gasteiger partial charge < -0.3 is 38.9 Å². The molecular formula is C45H64F4N10O6. The molecule has 2 saturated heterocycles. The number of ether oxygens (including phenoxy) is 3. The summed E-state index contributed by atoms with van der Waals surface area (Å²) in [6.45, 7) is 15.2. The molecular weight excluding hydrogens is 853 g/mol. The van der Waals surface area contributed by atoms with Gasteiger partial charge in [-0.15, -0.1) is 0 Å². The zero-order valence-corrected chi connectivity index (χ0v) is 39.0. The number of carbonyl (C=O) groups is 2. The second-order valence-corrected chi connectivity index (χ2v) is 15.5. The lowest BCUT2D eigenvalue weighted by Crippen LogP contribution is -2.47. The van der Waals surface area contributed by atoms with Crippen molar-refractivity contribution in [3.63, 3.8) is 0 Å². The molecule has 1 unspecified atom stereocenters. The Balaban J connectivity index is 0.000000230. The third-order valence-electron chi connectivity index (χ3n) is 11.8. The van der Waals surface area contributed by atoms with Crippen molar-refractivity contribution in [2.75, 3.05) is 70.5 Å². The van der Waals surface area contributed by atoms with Crippen molar-refractivity contribution in [1.82, 2.24) is 39.3 Å². The average molecular weight is 917 g/mol. The first-order valence-corrected chi connectivity index (χ1v) is 22.4. The molecule has 8 rings (SSSR count). The molecule has 1 atom stereocenters. The van der Waals surface area contributed by atoms with Crippen molar-refractivity contribution in [2.45, 2.75) is 118 Å². The predicted molar refractivity (Wildman–Crippen MR) is 237 cm³/mol. The number of rotatable bonds is 10. The molecule has 2 amide bonds. The summed E-state index contributed by atoms with van der Waals surface area (Å²) in [7, 11) is 4.80. The van der Waals surface area contributed by atoms with Crippen LogP contribution in [0.1, 0.15) is 111 Å². The van der Waals surface area contributed by atoms with E-state index in [4.69, 9.17) is 19.3 Å². The highest BCUT2D eigenvalue weighted by Gasteiger charge is 2.37. The second-order valence-electron chi connectivity index (χ2n) is 15.5. The van der Waals surface area contributed by atoms with Gasteiger partial charge in [-0.2, -0.15) is 10.2 Å². The number of nitrogens with zero attached hydrogens (tertiary/aromatic N) is 10. The monoisotopic (exact) mass is 916 g/mol. The predicted octanol–water partition coefficient (Wildman–Crippen LogP) is 7.78. The van der Waals surface area contributed by atoms with Crippen LogP contribution in [-0.4, -0.2) is 123 Å². The zero-order chi connectivity index (χ0) is 47.5. The van der Waals surface area contributed by atoms with Gasteiger partial charge in [0.1, 0.15) is 17.7 Å².